The lowest BCUT2D eigenvalue weighted by molar-refractivity contribution is 0.555. The van der Waals surface area contributed by atoms with E-state index in [1.807, 2.05) is 19.4 Å². The Morgan fingerprint density at radius 1 is 1.59 bits per heavy atom. The van der Waals surface area contributed by atoms with Gasteiger partial charge in [0.05, 0.1) is 22.8 Å². The summed E-state index contributed by atoms with van der Waals surface area (Å²) in [5, 5.41) is 8.25. The van der Waals surface area contributed by atoms with Gasteiger partial charge in [-0.2, -0.15) is 5.10 Å². The summed E-state index contributed by atoms with van der Waals surface area (Å²) >= 11 is 1.40. The molecule has 0 aliphatic rings. The summed E-state index contributed by atoms with van der Waals surface area (Å²) < 4.78 is 5.77. The van der Waals surface area contributed by atoms with Crippen LogP contribution in [-0.2, 0) is 19.9 Å². The Kier molecular flexibility index (Phi) is 3.82. The highest BCUT2D eigenvalue weighted by molar-refractivity contribution is 7.05. The van der Waals surface area contributed by atoms with Crippen molar-refractivity contribution in [2.75, 3.05) is 0 Å². The van der Waals surface area contributed by atoms with Gasteiger partial charge in [0.1, 0.15) is 0 Å². The summed E-state index contributed by atoms with van der Waals surface area (Å²) in [5.41, 5.74) is 4.99. The summed E-state index contributed by atoms with van der Waals surface area (Å²) in [6.45, 7) is 2.07. The van der Waals surface area contributed by atoms with Gasteiger partial charge in [-0.05, 0) is 29.9 Å². The number of hydrogen-bond acceptors (Lipinski definition) is 6. The van der Waals surface area contributed by atoms with E-state index >= 15 is 0 Å². The smallest absolute Gasteiger partial charge is 0.0801 e. The number of hydrogen-bond donors (Lipinski definition) is 2. The molecule has 0 amide bonds. The molecular formula is C10H16N6S. The third-order valence-corrected chi connectivity index (χ3v) is 3.52. The Morgan fingerprint density at radius 3 is 3.00 bits per heavy atom. The molecule has 1 unspecified atom stereocenters. The molecule has 0 radical (unpaired) electrons. The maximum Gasteiger partial charge on any atom is 0.0801 e. The van der Waals surface area contributed by atoms with Crippen molar-refractivity contribution in [1.29, 1.82) is 0 Å². The van der Waals surface area contributed by atoms with E-state index in [4.69, 9.17) is 5.84 Å². The minimum absolute atomic E-state index is 0.0501. The van der Waals surface area contributed by atoms with Crippen molar-refractivity contribution in [2.24, 2.45) is 12.9 Å². The minimum Gasteiger partial charge on any atom is -0.276 e. The average Bonchev–Trinajstić information content (AvgIpc) is 2.94. The molecule has 1 atom stereocenters. The second-order valence-corrected chi connectivity index (χ2v) is 4.67. The molecule has 2 aromatic rings. The highest BCUT2D eigenvalue weighted by Gasteiger charge is 2.18. The molecular weight excluding hydrogens is 236 g/mol. The van der Waals surface area contributed by atoms with E-state index in [1.54, 1.807) is 4.68 Å². The van der Waals surface area contributed by atoms with Crippen molar-refractivity contribution >= 4 is 11.5 Å². The van der Waals surface area contributed by atoms with Crippen LogP contribution in [0.4, 0.5) is 0 Å². The summed E-state index contributed by atoms with van der Waals surface area (Å²) in [5.74, 6) is 5.62. The van der Waals surface area contributed by atoms with Gasteiger partial charge < -0.3 is 0 Å². The SMILES string of the molecule is CCc1nnsc1C(Cc1cnn(C)c1)NN. The topological polar surface area (TPSA) is 81.7 Å². The lowest BCUT2D eigenvalue weighted by atomic mass is 10.1. The van der Waals surface area contributed by atoms with Crippen LogP contribution in [0.15, 0.2) is 12.4 Å². The molecule has 2 rings (SSSR count). The van der Waals surface area contributed by atoms with E-state index in [0.717, 1.165) is 29.0 Å². The molecule has 0 spiro atoms. The maximum atomic E-state index is 5.62. The first-order valence-corrected chi connectivity index (χ1v) is 6.26. The molecule has 0 bridgehead atoms. The predicted molar refractivity (Wildman–Crippen MR) is 66.3 cm³/mol. The van der Waals surface area contributed by atoms with Crippen molar-refractivity contribution < 1.29 is 0 Å². The van der Waals surface area contributed by atoms with Crippen LogP contribution < -0.4 is 11.3 Å². The fraction of sp³-hybridized carbons (Fsp3) is 0.500. The van der Waals surface area contributed by atoms with E-state index < -0.39 is 0 Å². The highest BCUT2D eigenvalue weighted by Crippen LogP contribution is 2.23. The average molecular weight is 252 g/mol. The van der Waals surface area contributed by atoms with Crippen molar-refractivity contribution in [2.45, 2.75) is 25.8 Å². The molecule has 2 heterocycles. The quantitative estimate of drug-likeness (QED) is 0.601. The largest absolute Gasteiger partial charge is 0.276 e. The van der Waals surface area contributed by atoms with Crippen LogP contribution >= 0.6 is 11.5 Å². The summed E-state index contributed by atoms with van der Waals surface area (Å²) in [7, 11) is 1.90. The standard InChI is InChI=1S/C10H16N6S/c1-3-8-10(17-15-14-8)9(13-11)4-7-5-12-16(2)6-7/h5-6,9,13H,3-4,11H2,1-2H3. The molecule has 17 heavy (non-hydrogen) atoms. The van der Waals surface area contributed by atoms with E-state index in [9.17, 15) is 0 Å². The zero-order chi connectivity index (χ0) is 12.3. The normalized spacial score (nSPS) is 12.9. The van der Waals surface area contributed by atoms with Crippen LogP contribution in [0.2, 0.25) is 0 Å². The molecule has 0 fully saturated rings. The number of nitrogens with two attached hydrogens (primary N) is 1. The second kappa shape index (κ2) is 5.35. The lowest BCUT2D eigenvalue weighted by Crippen LogP contribution is -2.29. The van der Waals surface area contributed by atoms with Crippen LogP contribution in [0.1, 0.15) is 29.1 Å². The lowest BCUT2D eigenvalue weighted by Gasteiger charge is -2.13. The van der Waals surface area contributed by atoms with Crippen molar-refractivity contribution in [1.82, 2.24) is 24.8 Å². The number of rotatable bonds is 5. The molecule has 6 nitrogen and oxygen atoms in total. The van der Waals surface area contributed by atoms with Crippen molar-refractivity contribution in [3.8, 4) is 0 Å². The molecule has 0 saturated carbocycles. The molecule has 0 aliphatic carbocycles. The Bertz CT molecular complexity index is 477. The summed E-state index contributed by atoms with van der Waals surface area (Å²) in [6.07, 6.45) is 5.51. The number of hydrazine groups is 1. The summed E-state index contributed by atoms with van der Waals surface area (Å²) in [4.78, 5) is 1.11. The van der Waals surface area contributed by atoms with Crippen LogP contribution in [0, 0.1) is 0 Å². The van der Waals surface area contributed by atoms with Gasteiger partial charge in [0.15, 0.2) is 0 Å². The van der Waals surface area contributed by atoms with Crippen LogP contribution in [0.25, 0.3) is 0 Å². The highest BCUT2D eigenvalue weighted by atomic mass is 32.1. The first-order chi connectivity index (χ1) is 8.24. The van der Waals surface area contributed by atoms with Gasteiger partial charge in [-0.1, -0.05) is 11.4 Å². The van der Waals surface area contributed by atoms with E-state index in [1.165, 1.54) is 11.5 Å². The Morgan fingerprint density at radius 2 is 2.41 bits per heavy atom. The zero-order valence-corrected chi connectivity index (χ0v) is 10.7. The molecule has 0 aromatic carbocycles. The first kappa shape index (κ1) is 12.2. The fourth-order valence-electron chi connectivity index (χ4n) is 1.77. The molecule has 0 saturated heterocycles. The number of nitrogens with one attached hydrogen (secondary N) is 1. The Labute approximate surface area is 104 Å². The molecule has 92 valence electrons. The second-order valence-electron chi connectivity index (χ2n) is 3.88. The van der Waals surface area contributed by atoms with Gasteiger partial charge in [0.25, 0.3) is 0 Å². The monoisotopic (exact) mass is 252 g/mol. The van der Waals surface area contributed by atoms with Gasteiger partial charge in [0, 0.05) is 13.2 Å². The third-order valence-electron chi connectivity index (χ3n) is 2.64. The van der Waals surface area contributed by atoms with Gasteiger partial charge >= 0.3 is 0 Å². The fourth-order valence-corrected chi connectivity index (χ4v) is 2.56. The number of aryl methyl sites for hydroxylation is 2. The van der Waals surface area contributed by atoms with E-state index in [-0.39, 0.29) is 6.04 Å². The van der Waals surface area contributed by atoms with Crippen LogP contribution in [-0.4, -0.2) is 19.4 Å². The molecule has 3 N–H and O–H groups in total. The van der Waals surface area contributed by atoms with Gasteiger partial charge in [-0.25, -0.2) is 0 Å². The zero-order valence-electron chi connectivity index (χ0n) is 9.92. The Balaban J connectivity index is 2.16. The van der Waals surface area contributed by atoms with E-state index in [2.05, 4.69) is 27.0 Å². The van der Waals surface area contributed by atoms with Crippen LogP contribution in [0.5, 0.6) is 0 Å². The van der Waals surface area contributed by atoms with E-state index in [0.29, 0.717) is 0 Å². The molecule has 2 aromatic heterocycles. The number of aromatic nitrogens is 4. The summed E-state index contributed by atoms with van der Waals surface area (Å²) in [6, 6.07) is 0.0501. The van der Waals surface area contributed by atoms with Gasteiger partial charge in [-0.3, -0.25) is 16.0 Å². The van der Waals surface area contributed by atoms with Gasteiger partial charge in [0.2, 0.25) is 0 Å². The Hall–Kier alpha value is -1.31. The number of nitrogens with zero attached hydrogens (tertiary/aromatic N) is 4. The third kappa shape index (κ3) is 2.68. The van der Waals surface area contributed by atoms with Crippen molar-refractivity contribution in [3.63, 3.8) is 0 Å². The minimum atomic E-state index is 0.0501. The van der Waals surface area contributed by atoms with Crippen LogP contribution in [0.3, 0.4) is 0 Å². The molecule has 0 aliphatic heterocycles. The van der Waals surface area contributed by atoms with Crippen molar-refractivity contribution in [3.05, 3.63) is 28.5 Å². The maximum absolute atomic E-state index is 5.62. The first-order valence-electron chi connectivity index (χ1n) is 5.49. The predicted octanol–water partition coefficient (Wildman–Crippen LogP) is 0.581. The van der Waals surface area contributed by atoms with Gasteiger partial charge in [-0.15, -0.1) is 5.10 Å². The molecule has 7 heteroatoms.